The molecule has 0 saturated carbocycles. The Morgan fingerprint density at radius 3 is 2.41 bits per heavy atom. The standard InChI is InChI=1S/C15H29N5O.HI/c1-10(2)12(5)18-15(16-6)17-9-7-8-13-19-14(11(3)4)20-21-13;/h10-12H,7-9H2,1-6H3,(H2,16,17,18);1H. The molecule has 0 fully saturated rings. The van der Waals surface area contributed by atoms with E-state index in [2.05, 4.69) is 60.4 Å². The van der Waals surface area contributed by atoms with Crippen LogP contribution in [0.5, 0.6) is 0 Å². The molecule has 7 heteroatoms. The van der Waals surface area contributed by atoms with Gasteiger partial charge in [0, 0.05) is 32.0 Å². The van der Waals surface area contributed by atoms with E-state index >= 15 is 0 Å². The lowest BCUT2D eigenvalue weighted by Crippen LogP contribution is -2.44. The highest BCUT2D eigenvalue weighted by atomic mass is 127. The lowest BCUT2D eigenvalue weighted by atomic mass is 10.1. The first-order valence-corrected chi connectivity index (χ1v) is 7.73. The third kappa shape index (κ3) is 7.42. The molecule has 0 aromatic carbocycles. The third-order valence-corrected chi connectivity index (χ3v) is 3.45. The Morgan fingerprint density at radius 1 is 1.23 bits per heavy atom. The van der Waals surface area contributed by atoms with E-state index in [1.165, 1.54) is 0 Å². The van der Waals surface area contributed by atoms with Crippen molar-refractivity contribution in [3.8, 4) is 0 Å². The lowest BCUT2D eigenvalue weighted by molar-refractivity contribution is 0.368. The molecule has 2 N–H and O–H groups in total. The fraction of sp³-hybridized carbons (Fsp3) is 0.800. The molecule has 1 rings (SSSR count). The number of hydrogen-bond donors (Lipinski definition) is 2. The molecule has 0 saturated heterocycles. The molecule has 0 bridgehead atoms. The molecule has 0 amide bonds. The first kappa shape index (κ1) is 21.1. The lowest BCUT2D eigenvalue weighted by Gasteiger charge is -2.20. The zero-order valence-corrected chi connectivity index (χ0v) is 16.8. The minimum absolute atomic E-state index is 0. The normalized spacial score (nSPS) is 13.2. The second-order valence-electron chi connectivity index (χ2n) is 5.98. The highest BCUT2D eigenvalue weighted by molar-refractivity contribution is 14.0. The van der Waals surface area contributed by atoms with Crippen LogP contribution in [-0.2, 0) is 6.42 Å². The Morgan fingerprint density at radius 2 is 1.91 bits per heavy atom. The average Bonchev–Trinajstić information content (AvgIpc) is 2.90. The number of aliphatic imine (C=N–C) groups is 1. The van der Waals surface area contributed by atoms with E-state index in [0.717, 1.165) is 31.2 Å². The summed E-state index contributed by atoms with van der Waals surface area (Å²) in [5.41, 5.74) is 0. The Hall–Kier alpha value is -0.860. The van der Waals surface area contributed by atoms with Crippen molar-refractivity contribution in [2.45, 2.75) is 59.4 Å². The Balaban J connectivity index is 0.00000441. The molecule has 0 spiro atoms. The van der Waals surface area contributed by atoms with E-state index in [-0.39, 0.29) is 24.0 Å². The molecule has 6 nitrogen and oxygen atoms in total. The van der Waals surface area contributed by atoms with Crippen molar-refractivity contribution in [1.82, 2.24) is 20.8 Å². The summed E-state index contributed by atoms with van der Waals surface area (Å²) in [6.07, 6.45) is 1.71. The summed E-state index contributed by atoms with van der Waals surface area (Å²) in [6, 6.07) is 0.390. The largest absolute Gasteiger partial charge is 0.356 e. The van der Waals surface area contributed by atoms with E-state index in [1.807, 2.05) is 0 Å². The smallest absolute Gasteiger partial charge is 0.226 e. The van der Waals surface area contributed by atoms with Gasteiger partial charge in [-0.15, -0.1) is 24.0 Å². The van der Waals surface area contributed by atoms with Crippen LogP contribution in [0.1, 0.15) is 58.7 Å². The number of aryl methyl sites for hydroxylation is 1. The monoisotopic (exact) mass is 423 g/mol. The number of nitrogens with one attached hydrogen (secondary N) is 2. The van der Waals surface area contributed by atoms with Crippen LogP contribution in [0.2, 0.25) is 0 Å². The summed E-state index contributed by atoms with van der Waals surface area (Å²) in [5.74, 6) is 3.20. The molecule has 0 aliphatic heterocycles. The van der Waals surface area contributed by atoms with Crippen LogP contribution in [0.4, 0.5) is 0 Å². The second-order valence-corrected chi connectivity index (χ2v) is 5.98. The molecule has 1 aromatic rings. The van der Waals surface area contributed by atoms with Gasteiger partial charge in [0.25, 0.3) is 0 Å². The van der Waals surface area contributed by atoms with Crippen molar-refractivity contribution in [2.75, 3.05) is 13.6 Å². The minimum Gasteiger partial charge on any atom is -0.356 e. The summed E-state index contributed by atoms with van der Waals surface area (Å²) < 4.78 is 5.22. The molecule has 0 aliphatic rings. The van der Waals surface area contributed by atoms with Crippen LogP contribution in [0.3, 0.4) is 0 Å². The molecular weight excluding hydrogens is 393 g/mol. The number of hydrogen-bond acceptors (Lipinski definition) is 4. The first-order chi connectivity index (χ1) is 9.93. The molecule has 1 aromatic heterocycles. The van der Waals surface area contributed by atoms with Crippen molar-refractivity contribution in [3.63, 3.8) is 0 Å². The molecule has 0 aliphatic carbocycles. The van der Waals surface area contributed by atoms with Crippen LogP contribution in [-0.4, -0.2) is 35.7 Å². The van der Waals surface area contributed by atoms with Crippen molar-refractivity contribution in [3.05, 3.63) is 11.7 Å². The fourth-order valence-electron chi connectivity index (χ4n) is 1.63. The van der Waals surface area contributed by atoms with Gasteiger partial charge in [0.05, 0.1) is 0 Å². The van der Waals surface area contributed by atoms with Gasteiger partial charge in [-0.05, 0) is 19.3 Å². The molecule has 1 heterocycles. The predicted octanol–water partition coefficient (Wildman–Crippen LogP) is 2.95. The highest BCUT2D eigenvalue weighted by Gasteiger charge is 2.10. The summed E-state index contributed by atoms with van der Waals surface area (Å²) in [5, 5.41) is 10.6. The third-order valence-electron chi connectivity index (χ3n) is 3.45. The molecular formula is C15H30IN5O. The molecule has 1 unspecified atom stereocenters. The van der Waals surface area contributed by atoms with Crippen LogP contribution in [0.15, 0.2) is 9.52 Å². The van der Waals surface area contributed by atoms with Gasteiger partial charge in [0.2, 0.25) is 5.89 Å². The molecule has 0 radical (unpaired) electrons. The van der Waals surface area contributed by atoms with Gasteiger partial charge >= 0.3 is 0 Å². The SMILES string of the molecule is CN=C(NCCCc1nc(C(C)C)no1)NC(C)C(C)C.I. The number of halogens is 1. The van der Waals surface area contributed by atoms with Crippen molar-refractivity contribution < 1.29 is 4.52 Å². The second kappa shape index (κ2) is 10.8. The molecule has 22 heavy (non-hydrogen) atoms. The topological polar surface area (TPSA) is 75.3 Å². The predicted molar refractivity (Wildman–Crippen MR) is 101 cm³/mol. The maximum absolute atomic E-state index is 5.22. The number of nitrogens with zero attached hydrogens (tertiary/aromatic N) is 3. The summed E-state index contributed by atoms with van der Waals surface area (Å²) in [6.45, 7) is 11.5. The zero-order chi connectivity index (χ0) is 15.8. The van der Waals surface area contributed by atoms with Gasteiger partial charge in [-0.3, -0.25) is 4.99 Å². The van der Waals surface area contributed by atoms with Crippen LogP contribution in [0, 0.1) is 5.92 Å². The highest BCUT2D eigenvalue weighted by Crippen LogP contribution is 2.10. The van der Waals surface area contributed by atoms with E-state index in [0.29, 0.717) is 23.8 Å². The van der Waals surface area contributed by atoms with Gasteiger partial charge in [0.1, 0.15) is 0 Å². The first-order valence-electron chi connectivity index (χ1n) is 7.73. The number of rotatable bonds is 7. The van der Waals surface area contributed by atoms with Gasteiger partial charge in [-0.25, -0.2) is 0 Å². The Kier molecular flexibility index (Phi) is 10.4. The van der Waals surface area contributed by atoms with E-state index < -0.39 is 0 Å². The van der Waals surface area contributed by atoms with E-state index in [9.17, 15) is 0 Å². The Labute approximate surface area is 150 Å². The number of aromatic nitrogens is 2. The number of guanidine groups is 1. The maximum atomic E-state index is 5.22. The van der Waals surface area contributed by atoms with Gasteiger partial charge in [0.15, 0.2) is 11.8 Å². The fourth-order valence-corrected chi connectivity index (χ4v) is 1.63. The van der Waals surface area contributed by atoms with E-state index in [4.69, 9.17) is 4.52 Å². The van der Waals surface area contributed by atoms with Crippen LogP contribution < -0.4 is 10.6 Å². The minimum atomic E-state index is 0. The van der Waals surface area contributed by atoms with Crippen molar-refractivity contribution >= 4 is 29.9 Å². The quantitative estimate of drug-likeness (QED) is 0.305. The summed E-state index contributed by atoms with van der Waals surface area (Å²) in [4.78, 5) is 8.59. The maximum Gasteiger partial charge on any atom is 0.226 e. The summed E-state index contributed by atoms with van der Waals surface area (Å²) >= 11 is 0. The Bertz CT molecular complexity index is 445. The zero-order valence-electron chi connectivity index (χ0n) is 14.5. The van der Waals surface area contributed by atoms with Crippen molar-refractivity contribution in [2.24, 2.45) is 10.9 Å². The van der Waals surface area contributed by atoms with Crippen LogP contribution >= 0.6 is 24.0 Å². The van der Waals surface area contributed by atoms with Crippen LogP contribution in [0.25, 0.3) is 0 Å². The van der Waals surface area contributed by atoms with E-state index in [1.54, 1.807) is 7.05 Å². The van der Waals surface area contributed by atoms with Crippen molar-refractivity contribution in [1.29, 1.82) is 0 Å². The molecule has 1 atom stereocenters. The van der Waals surface area contributed by atoms with Gasteiger partial charge < -0.3 is 15.2 Å². The molecule has 128 valence electrons. The average molecular weight is 423 g/mol. The summed E-state index contributed by atoms with van der Waals surface area (Å²) in [7, 11) is 1.79. The van der Waals surface area contributed by atoms with Gasteiger partial charge in [-0.2, -0.15) is 4.98 Å². The van der Waals surface area contributed by atoms with Gasteiger partial charge in [-0.1, -0.05) is 32.9 Å².